The highest BCUT2D eigenvalue weighted by atomic mass is 35.5. The molecule has 3 rings (SSSR count). The molecule has 6 heteroatoms. The summed E-state index contributed by atoms with van der Waals surface area (Å²) < 4.78 is 11.4. The second-order valence-electron chi connectivity index (χ2n) is 6.26. The first-order valence-corrected chi connectivity index (χ1v) is 8.72. The van der Waals surface area contributed by atoms with Gasteiger partial charge in [0.1, 0.15) is 11.5 Å². The quantitative estimate of drug-likeness (QED) is 0.785. The number of nitrogens with one attached hydrogen (secondary N) is 1. The topological polar surface area (TPSA) is 73.6 Å². The van der Waals surface area contributed by atoms with Gasteiger partial charge in [-0.3, -0.25) is 4.79 Å². The number of nitrogens with two attached hydrogens (primary N) is 1. The predicted molar refractivity (Wildman–Crippen MR) is 105 cm³/mol. The van der Waals surface area contributed by atoms with E-state index in [4.69, 9.17) is 15.2 Å². The molecular weight excluding hydrogens is 352 g/mol. The van der Waals surface area contributed by atoms with E-state index in [-0.39, 0.29) is 30.3 Å². The van der Waals surface area contributed by atoms with E-state index in [1.807, 2.05) is 55.5 Å². The van der Waals surface area contributed by atoms with Crippen LogP contribution in [0.3, 0.4) is 0 Å². The smallest absolute Gasteiger partial charge is 0.227 e. The zero-order valence-electron chi connectivity index (χ0n) is 14.8. The molecule has 1 fully saturated rings. The Labute approximate surface area is 160 Å². The molecule has 2 atom stereocenters. The molecule has 1 amide bonds. The van der Waals surface area contributed by atoms with Gasteiger partial charge in [0.2, 0.25) is 5.91 Å². The molecule has 0 heterocycles. The van der Waals surface area contributed by atoms with Gasteiger partial charge in [-0.2, -0.15) is 0 Å². The van der Waals surface area contributed by atoms with Crippen molar-refractivity contribution < 1.29 is 14.3 Å². The van der Waals surface area contributed by atoms with Gasteiger partial charge in [-0.25, -0.2) is 0 Å². The Morgan fingerprint density at radius 3 is 2.46 bits per heavy atom. The summed E-state index contributed by atoms with van der Waals surface area (Å²) in [6.45, 7) is 2.57. The first-order chi connectivity index (χ1) is 12.2. The Bertz CT molecular complexity index is 721. The van der Waals surface area contributed by atoms with Gasteiger partial charge in [0.15, 0.2) is 5.75 Å². The molecule has 1 aliphatic carbocycles. The Hall–Kier alpha value is -2.24. The molecule has 0 radical (unpaired) electrons. The van der Waals surface area contributed by atoms with Gasteiger partial charge >= 0.3 is 0 Å². The Morgan fingerprint density at radius 1 is 1.12 bits per heavy atom. The van der Waals surface area contributed by atoms with Crippen molar-refractivity contribution in [2.45, 2.75) is 32.2 Å². The lowest BCUT2D eigenvalue weighted by Crippen LogP contribution is -2.23. The van der Waals surface area contributed by atoms with Crippen LogP contribution in [0.1, 0.15) is 26.2 Å². The summed E-state index contributed by atoms with van der Waals surface area (Å²) in [6, 6.07) is 15.0. The van der Waals surface area contributed by atoms with E-state index < -0.39 is 0 Å². The maximum Gasteiger partial charge on any atom is 0.227 e. The normalized spacial score (nSPS) is 18.7. The van der Waals surface area contributed by atoms with E-state index in [0.717, 1.165) is 25.0 Å². The van der Waals surface area contributed by atoms with E-state index in [0.29, 0.717) is 23.8 Å². The minimum absolute atomic E-state index is 0. The highest BCUT2D eigenvalue weighted by molar-refractivity contribution is 5.94. The SMILES string of the molecule is CCOc1ccc(Oc2ccccc2NC(=O)C2CCC(N)C2)cc1.Cl. The zero-order chi connectivity index (χ0) is 17.6. The molecule has 2 aromatic rings. The second-order valence-corrected chi connectivity index (χ2v) is 6.26. The first-order valence-electron chi connectivity index (χ1n) is 8.72. The lowest BCUT2D eigenvalue weighted by molar-refractivity contribution is -0.119. The molecule has 0 aromatic heterocycles. The lowest BCUT2D eigenvalue weighted by atomic mass is 10.1. The van der Waals surface area contributed by atoms with Crippen LogP contribution in [0.15, 0.2) is 48.5 Å². The molecule has 2 unspecified atom stereocenters. The van der Waals surface area contributed by atoms with E-state index in [2.05, 4.69) is 5.32 Å². The van der Waals surface area contributed by atoms with E-state index in [1.54, 1.807) is 0 Å². The monoisotopic (exact) mass is 376 g/mol. The second kappa shape index (κ2) is 9.46. The van der Waals surface area contributed by atoms with Crippen molar-refractivity contribution in [3.63, 3.8) is 0 Å². The summed E-state index contributed by atoms with van der Waals surface area (Å²) in [6.07, 6.45) is 2.49. The molecule has 1 saturated carbocycles. The van der Waals surface area contributed by atoms with Crippen molar-refractivity contribution in [2.24, 2.45) is 11.7 Å². The maximum atomic E-state index is 12.4. The van der Waals surface area contributed by atoms with Gasteiger partial charge in [0.05, 0.1) is 12.3 Å². The summed E-state index contributed by atoms with van der Waals surface area (Å²) in [5.41, 5.74) is 6.58. The number of carbonyl (C=O) groups is 1. The molecule has 26 heavy (non-hydrogen) atoms. The number of rotatable bonds is 6. The van der Waals surface area contributed by atoms with Crippen molar-refractivity contribution >= 4 is 24.0 Å². The third kappa shape index (κ3) is 5.13. The summed E-state index contributed by atoms with van der Waals surface area (Å²) in [5.74, 6) is 2.09. The van der Waals surface area contributed by atoms with Crippen molar-refractivity contribution in [2.75, 3.05) is 11.9 Å². The highest BCUT2D eigenvalue weighted by Gasteiger charge is 2.28. The Balaban J connectivity index is 0.00000243. The van der Waals surface area contributed by atoms with Gasteiger partial charge in [-0.1, -0.05) is 12.1 Å². The van der Waals surface area contributed by atoms with Crippen molar-refractivity contribution in [1.82, 2.24) is 0 Å². The molecule has 3 N–H and O–H groups in total. The summed E-state index contributed by atoms with van der Waals surface area (Å²) in [4.78, 5) is 12.4. The summed E-state index contributed by atoms with van der Waals surface area (Å²) in [7, 11) is 0. The Kier molecular flexibility index (Phi) is 7.30. The molecule has 5 nitrogen and oxygen atoms in total. The number of halogens is 1. The van der Waals surface area contributed by atoms with Crippen LogP contribution in [-0.4, -0.2) is 18.6 Å². The lowest BCUT2D eigenvalue weighted by Gasteiger charge is -2.15. The van der Waals surface area contributed by atoms with E-state index >= 15 is 0 Å². The molecule has 140 valence electrons. The van der Waals surface area contributed by atoms with Gasteiger partial charge in [0.25, 0.3) is 0 Å². The number of amides is 1. The third-order valence-corrected chi connectivity index (χ3v) is 4.35. The van der Waals surface area contributed by atoms with Crippen LogP contribution in [-0.2, 0) is 4.79 Å². The fraction of sp³-hybridized carbons (Fsp3) is 0.350. The molecule has 1 aliphatic rings. The van der Waals surface area contributed by atoms with Crippen LogP contribution in [0, 0.1) is 5.92 Å². The largest absolute Gasteiger partial charge is 0.494 e. The van der Waals surface area contributed by atoms with Crippen LogP contribution in [0.5, 0.6) is 17.2 Å². The number of hydrogen-bond acceptors (Lipinski definition) is 4. The number of hydrogen-bond donors (Lipinski definition) is 2. The Morgan fingerprint density at radius 2 is 1.81 bits per heavy atom. The zero-order valence-corrected chi connectivity index (χ0v) is 15.6. The van der Waals surface area contributed by atoms with Gasteiger partial charge in [-0.05, 0) is 62.6 Å². The first kappa shape index (κ1) is 20.1. The minimum atomic E-state index is -0.0199. The standard InChI is InChI=1S/C20H24N2O3.ClH/c1-2-24-16-9-11-17(12-10-16)25-19-6-4-3-5-18(19)22-20(23)14-7-8-15(21)13-14;/h3-6,9-12,14-15H,2,7-8,13,21H2,1H3,(H,22,23);1H. The van der Waals surface area contributed by atoms with Crippen molar-refractivity contribution in [3.05, 3.63) is 48.5 Å². The van der Waals surface area contributed by atoms with Crippen LogP contribution in [0.4, 0.5) is 5.69 Å². The number of anilines is 1. The van der Waals surface area contributed by atoms with Crippen LogP contribution in [0.25, 0.3) is 0 Å². The minimum Gasteiger partial charge on any atom is -0.494 e. The number of ether oxygens (including phenoxy) is 2. The fourth-order valence-electron chi connectivity index (χ4n) is 3.05. The van der Waals surface area contributed by atoms with E-state index in [9.17, 15) is 4.79 Å². The van der Waals surface area contributed by atoms with Gasteiger partial charge < -0.3 is 20.5 Å². The molecule has 0 aliphatic heterocycles. The third-order valence-electron chi connectivity index (χ3n) is 4.35. The summed E-state index contributed by atoms with van der Waals surface area (Å²) in [5, 5.41) is 2.98. The molecular formula is C20H25ClN2O3. The molecule has 0 bridgehead atoms. The van der Waals surface area contributed by atoms with Gasteiger partial charge in [-0.15, -0.1) is 12.4 Å². The van der Waals surface area contributed by atoms with Crippen LogP contribution >= 0.6 is 12.4 Å². The number of carbonyl (C=O) groups excluding carboxylic acids is 1. The summed E-state index contributed by atoms with van der Waals surface area (Å²) >= 11 is 0. The van der Waals surface area contributed by atoms with Gasteiger partial charge in [0, 0.05) is 12.0 Å². The number of para-hydroxylation sites is 2. The van der Waals surface area contributed by atoms with Crippen LogP contribution in [0.2, 0.25) is 0 Å². The highest BCUT2D eigenvalue weighted by Crippen LogP contribution is 2.32. The average Bonchev–Trinajstić information content (AvgIpc) is 3.05. The van der Waals surface area contributed by atoms with Crippen molar-refractivity contribution in [1.29, 1.82) is 0 Å². The van der Waals surface area contributed by atoms with Crippen LogP contribution < -0.4 is 20.5 Å². The molecule has 0 saturated heterocycles. The maximum absolute atomic E-state index is 12.4. The fourth-order valence-corrected chi connectivity index (χ4v) is 3.05. The van der Waals surface area contributed by atoms with Crippen molar-refractivity contribution in [3.8, 4) is 17.2 Å². The molecule has 0 spiro atoms. The predicted octanol–water partition coefficient (Wildman–Crippen LogP) is 4.37. The number of benzene rings is 2. The average molecular weight is 377 g/mol. The van der Waals surface area contributed by atoms with E-state index in [1.165, 1.54) is 0 Å². The molecule has 2 aromatic carbocycles.